The van der Waals surface area contributed by atoms with Crippen LogP contribution in [0.1, 0.15) is 12.0 Å². The van der Waals surface area contributed by atoms with Crippen molar-refractivity contribution in [3.63, 3.8) is 0 Å². The van der Waals surface area contributed by atoms with Gasteiger partial charge >= 0.3 is 0 Å². The van der Waals surface area contributed by atoms with Crippen LogP contribution in [0.5, 0.6) is 0 Å². The number of carbonyl (C=O) groups excluding carboxylic acids is 1. The summed E-state index contributed by atoms with van der Waals surface area (Å²) in [5.41, 5.74) is 0.869. The fourth-order valence-electron chi connectivity index (χ4n) is 3.58. The van der Waals surface area contributed by atoms with Crippen LogP contribution in [0.25, 0.3) is 0 Å². The number of carbonyl (C=O) groups is 1. The molecule has 1 amide bonds. The molecule has 3 nitrogen and oxygen atoms in total. The molecular weight excluding hydrogens is 395 g/mol. The first-order valence-corrected chi connectivity index (χ1v) is 9.34. The number of anilines is 1. The van der Waals surface area contributed by atoms with E-state index in [1.807, 2.05) is 0 Å². The monoisotopic (exact) mass is 413 g/mol. The van der Waals surface area contributed by atoms with Gasteiger partial charge < -0.3 is 9.64 Å². The summed E-state index contributed by atoms with van der Waals surface area (Å²) in [6, 6.07) is 8.61. The maximum Gasteiger partial charge on any atom is 0.232 e. The highest BCUT2D eigenvalue weighted by molar-refractivity contribution is 6.40. The predicted molar refractivity (Wildman–Crippen MR) is 102 cm³/mol. The molecule has 1 heterocycles. The van der Waals surface area contributed by atoms with Gasteiger partial charge in [0.15, 0.2) is 0 Å². The quantitative estimate of drug-likeness (QED) is 0.679. The molecule has 0 aromatic heterocycles. The van der Waals surface area contributed by atoms with Crippen molar-refractivity contribution in [3.05, 3.63) is 63.6 Å². The number of amides is 1. The minimum absolute atomic E-state index is 0.0462. The Kier molecular flexibility index (Phi) is 6.35. The van der Waals surface area contributed by atoms with Crippen molar-refractivity contribution in [2.45, 2.75) is 12.8 Å². The van der Waals surface area contributed by atoms with Gasteiger partial charge in [-0.25, -0.2) is 8.78 Å². The normalized spacial score (nSPS) is 20.2. The molecule has 7 heteroatoms. The van der Waals surface area contributed by atoms with E-state index < -0.39 is 11.6 Å². The summed E-state index contributed by atoms with van der Waals surface area (Å²) in [5.74, 6) is -1.75. The molecule has 2 aromatic carbocycles. The highest BCUT2D eigenvalue weighted by Gasteiger charge is 2.36. The second kappa shape index (κ2) is 8.55. The Balaban J connectivity index is 1.91. The summed E-state index contributed by atoms with van der Waals surface area (Å²) >= 11 is 12.6. The Morgan fingerprint density at radius 3 is 2.52 bits per heavy atom. The molecule has 2 unspecified atom stereocenters. The third-order valence-electron chi connectivity index (χ3n) is 4.77. The van der Waals surface area contributed by atoms with Crippen LogP contribution in [-0.2, 0) is 16.0 Å². The number of ether oxygens (including phenoxy) is 1. The number of methoxy groups -OCH3 is 1. The van der Waals surface area contributed by atoms with E-state index in [0.29, 0.717) is 40.7 Å². The van der Waals surface area contributed by atoms with E-state index in [9.17, 15) is 13.6 Å². The molecule has 1 aliphatic rings. The van der Waals surface area contributed by atoms with Gasteiger partial charge in [-0.05, 0) is 42.5 Å². The van der Waals surface area contributed by atoms with Crippen LogP contribution in [0.2, 0.25) is 10.0 Å². The summed E-state index contributed by atoms with van der Waals surface area (Å²) in [5, 5.41) is 0.751. The number of piperidine rings is 1. The van der Waals surface area contributed by atoms with Crippen LogP contribution in [0.15, 0.2) is 36.4 Å². The molecule has 1 saturated heterocycles. The zero-order valence-electron chi connectivity index (χ0n) is 14.7. The van der Waals surface area contributed by atoms with Crippen molar-refractivity contribution in [1.29, 1.82) is 0 Å². The second-order valence-electron chi connectivity index (χ2n) is 6.71. The fourth-order valence-corrected chi connectivity index (χ4v) is 4.18. The van der Waals surface area contributed by atoms with Crippen molar-refractivity contribution in [2.24, 2.45) is 11.8 Å². The van der Waals surface area contributed by atoms with Gasteiger partial charge in [0.1, 0.15) is 11.6 Å². The number of para-hydroxylation sites is 1. The minimum atomic E-state index is -0.614. The molecule has 1 fully saturated rings. The molecule has 1 aliphatic heterocycles. The lowest BCUT2D eigenvalue weighted by Gasteiger charge is -2.38. The van der Waals surface area contributed by atoms with Crippen molar-refractivity contribution in [3.8, 4) is 0 Å². The maximum atomic E-state index is 14.1. The SMILES string of the molecule is COCC1CC(Cc2ccc(F)cc2F)CN(c2c(Cl)cccc2Cl)C1=O. The van der Waals surface area contributed by atoms with Gasteiger partial charge in [0.25, 0.3) is 0 Å². The zero-order valence-corrected chi connectivity index (χ0v) is 16.2. The Morgan fingerprint density at radius 2 is 1.89 bits per heavy atom. The van der Waals surface area contributed by atoms with Crippen LogP contribution >= 0.6 is 23.2 Å². The number of hydrogen-bond acceptors (Lipinski definition) is 2. The van der Waals surface area contributed by atoms with E-state index in [4.69, 9.17) is 27.9 Å². The van der Waals surface area contributed by atoms with Crippen LogP contribution in [0.4, 0.5) is 14.5 Å². The molecule has 0 N–H and O–H groups in total. The smallest absolute Gasteiger partial charge is 0.232 e. The summed E-state index contributed by atoms with van der Waals surface area (Å²) < 4.78 is 32.5. The largest absolute Gasteiger partial charge is 0.384 e. The van der Waals surface area contributed by atoms with Crippen molar-refractivity contribution in [1.82, 2.24) is 0 Å². The van der Waals surface area contributed by atoms with Crippen LogP contribution in [-0.4, -0.2) is 26.2 Å². The molecule has 27 heavy (non-hydrogen) atoms. The molecule has 144 valence electrons. The van der Waals surface area contributed by atoms with Gasteiger partial charge in [-0.1, -0.05) is 35.3 Å². The molecular formula is C20H19Cl2F2NO2. The Labute approximate surface area is 166 Å². The highest BCUT2D eigenvalue weighted by atomic mass is 35.5. The number of hydrogen-bond donors (Lipinski definition) is 0. The number of halogens is 4. The van der Waals surface area contributed by atoms with E-state index in [1.54, 1.807) is 23.1 Å². The molecule has 2 atom stereocenters. The van der Waals surface area contributed by atoms with Crippen molar-refractivity contribution >= 4 is 34.8 Å². The lowest BCUT2D eigenvalue weighted by Crippen LogP contribution is -2.47. The molecule has 0 radical (unpaired) electrons. The fraction of sp³-hybridized carbons (Fsp3) is 0.350. The summed E-state index contributed by atoms with van der Waals surface area (Å²) in [6.45, 7) is 0.596. The molecule has 0 spiro atoms. The Morgan fingerprint density at radius 1 is 1.19 bits per heavy atom. The topological polar surface area (TPSA) is 29.5 Å². The van der Waals surface area contributed by atoms with E-state index >= 15 is 0 Å². The van der Waals surface area contributed by atoms with Gasteiger partial charge in [0.2, 0.25) is 5.91 Å². The van der Waals surface area contributed by atoms with Crippen LogP contribution in [0.3, 0.4) is 0 Å². The van der Waals surface area contributed by atoms with Crippen molar-refractivity contribution in [2.75, 3.05) is 25.2 Å². The van der Waals surface area contributed by atoms with E-state index in [0.717, 1.165) is 6.07 Å². The van der Waals surface area contributed by atoms with E-state index in [2.05, 4.69) is 0 Å². The summed E-state index contributed by atoms with van der Waals surface area (Å²) in [7, 11) is 1.53. The molecule has 0 aliphatic carbocycles. The number of benzene rings is 2. The zero-order chi connectivity index (χ0) is 19.6. The molecule has 2 aromatic rings. The molecule has 0 saturated carbocycles. The first kappa shape index (κ1) is 20.1. The third-order valence-corrected chi connectivity index (χ3v) is 5.38. The Bertz CT molecular complexity index is 826. The number of nitrogens with zero attached hydrogens (tertiary/aromatic N) is 1. The average molecular weight is 414 g/mol. The first-order valence-electron chi connectivity index (χ1n) is 8.59. The van der Waals surface area contributed by atoms with Gasteiger partial charge in [0.05, 0.1) is 28.3 Å². The standard InChI is InChI=1S/C20H19Cl2F2NO2/c1-27-11-14-8-12(7-13-5-6-15(23)9-18(13)24)10-25(20(14)26)19-16(21)3-2-4-17(19)22/h2-6,9,12,14H,7-8,10-11H2,1H3. The third kappa shape index (κ3) is 4.42. The molecule has 3 rings (SSSR count). The van der Waals surface area contributed by atoms with Gasteiger partial charge in [-0.15, -0.1) is 0 Å². The Hall–Kier alpha value is -1.69. The first-order chi connectivity index (χ1) is 12.9. The van der Waals surface area contributed by atoms with Crippen molar-refractivity contribution < 1.29 is 18.3 Å². The molecule has 0 bridgehead atoms. The minimum Gasteiger partial charge on any atom is -0.384 e. The second-order valence-corrected chi connectivity index (χ2v) is 7.53. The predicted octanol–water partition coefficient (Wildman–Crippen LogP) is 5.13. The lowest BCUT2D eigenvalue weighted by atomic mass is 9.84. The number of rotatable bonds is 5. The van der Waals surface area contributed by atoms with Gasteiger partial charge in [-0.2, -0.15) is 0 Å². The average Bonchev–Trinajstić information content (AvgIpc) is 2.61. The van der Waals surface area contributed by atoms with E-state index in [1.165, 1.54) is 19.2 Å². The van der Waals surface area contributed by atoms with Crippen LogP contribution in [0, 0.1) is 23.5 Å². The van der Waals surface area contributed by atoms with Gasteiger partial charge in [-0.3, -0.25) is 4.79 Å². The lowest BCUT2D eigenvalue weighted by molar-refractivity contribution is -0.126. The van der Waals surface area contributed by atoms with E-state index in [-0.39, 0.29) is 24.3 Å². The maximum absolute atomic E-state index is 14.1. The summed E-state index contributed by atoms with van der Waals surface area (Å²) in [6.07, 6.45) is 0.917. The highest BCUT2D eigenvalue weighted by Crippen LogP contribution is 2.38. The summed E-state index contributed by atoms with van der Waals surface area (Å²) in [4.78, 5) is 14.5. The van der Waals surface area contributed by atoms with Crippen LogP contribution < -0.4 is 4.90 Å². The van der Waals surface area contributed by atoms with Gasteiger partial charge in [0, 0.05) is 19.7 Å².